The van der Waals surface area contributed by atoms with Crippen LogP contribution >= 0.6 is 11.3 Å². The summed E-state index contributed by atoms with van der Waals surface area (Å²) in [5.41, 5.74) is 0.683. The Morgan fingerprint density at radius 2 is 1.74 bits per heavy atom. The van der Waals surface area contributed by atoms with Crippen molar-refractivity contribution in [3.63, 3.8) is 0 Å². The first-order valence-electron chi connectivity index (χ1n) is 19.0. The van der Waals surface area contributed by atoms with Gasteiger partial charge in [-0.1, -0.05) is 57.5 Å². The van der Waals surface area contributed by atoms with Gasteiger partial charge in [0.05, 0.1) is 23.7 Å². The van der Waals surface area contributed by atoms with Crippen LogP contribution in [-0.2, 0) is 30.3 Å². The van der Waals surface area contributed by atoms with Crippen LogP contribution in [0.1, 0.15) is 115 Å². The van der Waals surface area contributed by atoms with Gasteiger partial charge in [-0.05, 0) is 85.4 Å². The minimum atomic E-state index is -0.919. The van der Waals surface area contributed by atoms with Crippen LogP contribution in [0.25, 0.3) is 0 Å². The van der Waals surface area contributed by atoms with Gasteiger partial charge in [0.25, 0.3) is 5.91 Å². The van der Waals surface area contributed by atoms with Gasteiger partial charge in [-0.3, -0.25) is 24.1 Å². The van der Waals surface area contributed by atoms with Gasteiger partial charge in [-0.15, -0.1) is 11.3 Å². The highest BCUT2D eigenvalue weighted by Gasteiger charge is 2.39. The average molecular weight is 758 g/mol. The molecule has 1 fully saturated rings. The predicted molar refractivity (Wildman–Crippen MR) is 208 cm³/mol. The minimum Gasteiger partial charge on any atom is -0.481 e. The highest BCUT2D eigenvalue weighted by atomic mass is 32.1. The standard InChI is InChI=1S/C40H63N5O7S/c1-11-51-33(37-42-30(24-53-37)35(46)41-29(21-26(4)39(49)50)22-28-17-13-12-14-18-28)23-32(25(2)3)45(10)38(48)34(27(5)52-40(6,7)8)43-36(47)31-19-15-16-20-44(31)9/h12-14,17-18,24-27,29,31-34H,11,15-16,19-23H2,1-10H3,(H,41,46)(H,43,47)(H,49,50)/t26-,27+,29+,31+,32+,33+,34-/m0/s1. The van der Waals surface area contributed by atoms with E-state index < -0.39 is 41.8 Å². The number of hydrogen-bond donors (Lipinski definition) is 3. The lowest BCUT2D eigenvalue weighted by molar-refractivity contribution is -0.148. The summed E-state index contributed by atoms with van der Waals surface area (Å²) in [7, 11) is 3.71. The van der Waals surface area contributed by atoms with Crippen LogP contribution in [0.15, 0.2) is 35.7 Å². The third kappa shape index (κ3) is 13.4. The maximum Gasteiger partial charge on any atom is 0.306 e. The smallest absolute Gasteiger partial charge is 0.306 e. The first-order valence-corrected chi connectivity index (χ1v) is 19.9. The molecule has 0 spiro atoms. The summed E-state index contributed by atoms with van der Waals surface area (Å²) in [5, 5.41) is 18.0. The van der Waals surface area contributed by atoms with Crippen LogP contribution in [0.5, 0.6) is 0 Å². The molecule has 3 rings (SSSR count). The zero-order valence-corrected chi connectivity index (χ0v) is 34.2. The first-order chi connectivity index (χ1) is 24.9. The van der Waals surface area contributed by atoms with Gasteiger partial charge in [-0.25, -0.2) is 4.98 Å². The number of likely N-dealkylation sites (tertiary alicyclic amines) is 1. The first kappa shape index (κ1) is 44.0. The lowest BCUT2D eigenvalue weighted by Gasteiger charge is -2.39. The Morgan fingerprint density at radius 1 is 1.06 bits per heavy atom. The molecule has 0 aliphatic carbocycles. The summed E-state index contributed by atoms with van der Waals surface area (Å²) in [6, 6.07) is 7.72. The number of thiazole rings is 1. The van der Waals surface area contributed by atoms with Crippen LogP contribution in [-0.4, -0.2) is 107 Å². The number of ether oxygens (including phenoxy) is 2. The lowest BCUT2D eigenvalue weighted by atomic mass is 9.95. The molecule has 1 aliphatic heterocycles. The van der Waals surface area contributed by atoms with Crippen LogP contribution in [0.4, 0.5) is 0 Å². The van der Waals surface area contributed by atoms with E-state index in [1.165, 1.54) is 11.3 Å². The summed E-state index contributed by atoms with van der Waals surface area (Å²) in [6.07, 6.45) is 2.80. The van der Waals surface area contributed by atoms with Gasteiger partial charge in [-0.2, -0.15) is 0 Å². The fourth-order valence-corrected chi connectivity index (χ4v) is 7.86. The number of carboxylic acid groups (broad SMARTS) is 1. The molecule has 0 bridgehead atoms. The second-order valence-electron chi connectivity index (χ2n) is 15.8. The van der Waals surface area contributed by atoms with E-state index in [1.807, 2.05) is 90.7 Å². The van der Waals surface area contributed by atoms with Gasteiger partial charge in [0, 0.05) is 37.5 Å². The molecule has 3 N–H and O–H groups in total. The quantitative estimate of drug-likeness (QED) is 0.164. The molecule has 3 amide bonds. The van der Waals surface area contributed by atoms with Crippen LogP contribution in [0.3, 0.4) is 0 Å². The number of rotatable bonds is 19. The molecule has 53 heavy (non-hydrogen) atoms. The zero-order valence-electron chi connectivity index (χ0n) is 33.4. The number of nitrogens with one attached hydrogen (secondary N) is 2. The minimum absolute atomic E-state index is 0.0178. The molecule has 0 unspecified atom stereocenters. The fraction of sp³-hybridized carbons (Fsp3) is 0.675. The largest absolute Gasteiger partial charge is 0.481 e. The molecular formula is C40H63N5O7S. The van der Waals surface area contributed by atoms with E-state index in [2.05, 4.69) is 10.6 Å². The van der Waals surface area contributed by atoms with E-state index in [0.717, 1.165) is 31.4 Å². The lowest BCUT2D eigenvalue weighted by Crippen LogP contribution is -2.60. The number of aliphatic carboxylic acids is 1. The Balaban J connectivity index is 1.82. The number of carbonyl (C=O) groups excluding carboxylic acids is 3. The molecule has 0 saturated carbocycles. The van der Waals surface area contributed by atoms with Gasteiger partial charge in [0.1, 0.15) is 22.8 Å². The molecule has 1 aliphatic rings. The number of nitrogens with zero attached hydrogens (tertiary/aromatic N) is 3. The number of likely N-dealkylation sites (N-methyl/N-ethyl adjacent to an activating group) is 2. The van der Waals surface area contributed by atoms with Gasteiger partial charge >= 0.3 is 5.97 Å². The summed E-state index contributed by atoms with van der Waals surface area (Å²) in [6.45, 7) is 16.5. The van der Waals surface area contributed by atoms with Crippen LogP contribution in [0.2, 0.25) is 0 Å². The summed E-state index contributed by atoms with van der Waals surface area (Å²) in [5.74, 6) is -2.35. The van der Waals surface area contributed by atoms with Crippen molar-refractivity contribution in [1.29, 1.82) is 0 Å². The summed E-state index contributed by atoms with van der Waals surface area (Å²) < 4.78 is 12.5. The van der Waals surface area contributed by atoms with E-state index in [4.69, 9.17) is 14.5 Å². The Bertz CT molecular complexity index is 1480. The van der Waals surface area contributed by atoms with E-state index in [1.54, 1.807) is 24.3 Å². The van der Waals surface area contributed by atoms with Crippen molar-refractivity contribution in [2.75, 3.05) is 27.2 Å². The molecule has 0 radical (unpaired) electrons. The number of piperidine rings is 1. The monoisotopic (exact) mass is 757 g/mol. The Morgan fingerprint density at radius 3 is 2.32 bits per heavy atom. The maximum absolute atomic E-state index is 14.4. The van der Waals surface area contributed by atoms with Crippen molar-refractivity contribution in [3.8, 4) is 0 Å². The summed E-state index contributed by atoms with van der Waals surface area (Å²) in [4.78, 5) is 61.7. The van der Waals surface area contributed by atoms with Crippen LogP contribution < -0.4 is 10.6 Å². The Labute approximate surface area is 320 Å². The third-order valence-electron chi connectivity index (χ3n) is 9.83. The van der Waals surface area contributed by atoms with Crippen LogP contribution in [0, 0.1) is 11.8 Å². The number of amides is 3. The normalized spacial score (nSPS) is 18.7. The number of benzene rings is 1. The molecule has 1 aromatic carbocycles. The Kier molecular flexibility index (Phi) is 16.9. The van der Waals surface area contributed by atoms with Crippen molar-refractivity contribution in [1.82, 2.24) is 25.4 Å². The maximum atomic E-state index is 14.4. The number of aromatic nitrogens is 1. The van der Waals surface area contributed by atoms with E-state index in [9.17, 15) is 24.3 Å². The van der Waals surface area contributed by atoms with Gasteiger partial charge < -0.3 is 30.1 Å². The molecule has 2 aromatic rings. The highest BCUT2D eigenvalue weighted by Crippen LogP contribution is 2.31. The van der Waals surface area contributed by atoms with Crippen molar-refractivity contribution < 1.29 is 33.8 Å². The van der Waals surface area contributed by atoms with Crippen molar-refractivity contribution >= 4 is 35.0 Å². The molecule has 13 heteroatoms. The molecule has 12 nitrogen and oxygen atoms in total. The third-order valence-corrected chi connectivity index (χ3v) is 10.8. The topological polar surface area (TPSA) is 150 Å². The highest BCUT2D eigenvalue weighted by molar-refractivity contribution is 7.09. The number of hydrogen-bond acceptors (Lipinski definition) is 9. The average Bonchev–Trinajstić information content (AvgIpc) is 3.58. The summed E-state index contributed by atoms with van der Waals surface area (Å²) >= 11 is 1.32. The van der Waals surface area contributed by atoms with E-state index in [0.29, 0.717) is 24.5 Å². The van der Waals surface area contributed by atoms with Crippen molar-refractivity contribution in [2.24, 2.45) is 11.8 Å². The van der Waals surface area contributed by atoms with Gasteiger partial charge in [0.15, 0.2) is 0 Å². The van der Waals surface area contributed by atoms with E-state index >= 15 is 0 Å². The molecule has 1 aromatic heterocycles. The van der Waals surface area contributed by atoms with Crippen molar-refractivity contribution in [2.45, 2.75) is 136 Å². The van der Waals surface area contributed by atoms with Crippen molar-refractivity contribution in [3.05, 3.63) is 52.0 Å². The SMILES string of the molecule is CCO[C@H](C[C@H](C(C)C)N(C)C(=O)[C@@H](NC(=O)[C@H]1CCCCN1C)[C@@H](C)OC(C)(C)C)c1nc(C(=O)N[C@@H](Cc2ccccc2)C[C@H](C)C(=O)O)cs1. The molecular weight excluding hydrogens is 695 g/mol. The second kappa shape index (κ2) is 20.3. The van der Waals surface area contributed by atoms with E-state index in [-0.39, 0.29) is 47.8 Å². The zero-order chi connectivity index (χ0) is 39.5. The van der Waals surface area contributed by atoms with Gasteiger partial charge in [0.2, 0.25) is 11.8 Å². The molecule has 7 atom stereocenters. The number of carboxylic acids is 1. The Hall–Kier alpha value is -3.39. The second-order valence-corrected chi connectivity index (χ2v) is 16.6. The molecule has 1 saturated heterocycles. The fourth-order valence-electron chi connectivity index (χ4n) is 7.00. The number of carbonyl (C=O) groups is 4. The predicted octanol–water partition coefficient (Wildman–Crippen LogP) is 5.72. The molecule has 2 heterocycles. The molecule has 296 valence electrons.